The van der Waals surface area contributed by atoms with Gasteiger partial charge in [0.15, 0.2) is 0 Å². The molecule has 0 aliphatic rings. The lowest BCUT2D eigenvalue weighted by molar-refractivity contribution is -0.907. The van der Waals surface area contributed by atoms with E-state index >= 15 is 0 Å². The van der Waals surface area contributed by atoms with Gasteiger partial charge in [-0.15, -0.1) is 0 Å². The molecule has 3 aromatic rings. The molecule has 0 aliphatic carbocycles. The minimum atomic E-state index is -1.15. The Morgan fingerprint density at radius 3 is 1.76 bits per heavy atom. The van der Waals surface area contributed by atoms with E-state index in [-0.39, 0.29) is 6.61 Å². The van der Waals surface area contributed by atoms with E-state index in [1.807, 2.05) is 78.9 Å². The first-order chi connectivity index (χ1) is 14.2. The Labute approximate surface area is 173 Å². The van der Waals surface area contributed by atoms with Crippen LogP contribution in [0, 0.1) is 11.8 Å². The molecule has 3 rings (SSSR count). The number of aliphatic hydroxyl groups excluding tert-OH is 1. The molecule has 0 saturated heterocycles. The van der Waals surface area contributed by atoms with Crippen LogP contribution < -0.4 is 4.90 Å². The Hall–Kier alpha value is -2.90. The Morgan fingerprint density at radius 2 is 1.24 bits per heavy atom. The highest BCUT2D eigenvalue weighted by Crippen LogP contribution is 2.32. The molecule has 0 spiro atoms. The van der Waals surface area contributed by atoms with Crippen molar-refractivity contribution in [3.05, 3.63) is 108 Å². The van der Waals surface area contributed by atoms with Crippen molar-refractivity contribution >= 4 is 0 Å². The summed E-state index contributed by atoms with van der Waals surface area (Å²) in [5.74, 6) is 6.42. The number of benzene rings is 3. The van der Waals surface area contributed by atoms with Gasteiger partial charge in [0.25, 0.3) is 0 Å². The topological polar surface area (TPSA) is 44.9 Å². The van der Waals surface area contributed by atoms with Gasteiger partial charge in [-0.25, -0.2) is 0 Å². The average Bonchev–Trinajstić information content (AvgIpc) is 2.78. The zero-order valence-electron chi connectivity index (χ0n) is 16.6. The molecule has 0 aromatic heterocycles. The maximum Gasteiger partial charge on any atom is 0.139 e. The third-order valence-corrected chi connectivity index (χ3v) is 5.07. The second-order valence-electron chi connectivity index (χ2n) is 7.19. The van der Waals surface area contributed by atoms with E-state index in [0.717, 1.165) is 17.7 Å². The lowest BCUT2D eigenvalue weighted by Gasteiger charge is -2.27. The molecule has 0 aliphatic heterocycles. The maximum absolute atomic E-state index is 11.5. The SMILES string of the molecule is OCC[NH+](CC#CCC(O)(c1ccccc1)c1ccccc1)Cc1ccccc1. The fraction of sp³-hybridized carbons (Fsp3) is 0.231. The van der Waals surface area contributed by atoms with Crippen LogP contribution >= 0.6 is 0 Å². The summed E-state index contributed by atoms with van der Waals surface area (Å²) in [5.41, 5.74) is 1.75. The van der Waals surface area contributed by atoms with Gasteiger partial charge in [-0.2, -0.15) is 0 Å². The van der Waals surface area contributed by atoms with E-state index in [9.17, 15) is 10.2 Å². The van der Waals surface area contributed by atoms with Crippen molar-refractivity contribution in [1.82, 2.24) is 0 Å². The number of rotatable bonds is 8. The predicted octanol–water partition coefficient (Wildman–Crippen LogP) is 2.39. The maximum atomic E-state index is 11.5. The quantitative estimate of drug-likeness (QED) is 0.521. The zero-order chi connectivity index (χ0) is 20.4. The van der Waals surface area contributed by atoms with Gasteiger partial charge in [0.2, 0.25) is 0 Å². The Balaban J connectivity index is 1.73. The molecule has 1 unspecified atom stereocenters. The van der Waals surface area contributed by atoms with Gasteiger partial charge >= 0.3 is 0 Å². The van der Waals surface area contributed by atoms with Gasteiger partial charge in [-0.3, -0.25) is 0 Å². The minimum absolute atomic E-state index is 0.127. The molecule has 0 radical (unpaired) electrons. The lowest BCUT2D eigenvalue weighted by Crippen LogP contribution is -3.11. The van der Waals surface area contributed by atoms with E-state index in [4.69, 9.17) is 0 Å². The van der Waals surface area contributed by atoms with Gasteiger partial charge in [0.1, 0.15) is 25.2 Å². The second kappa shape index (κ2) is 10.6. The highest BCUT2D eigenvalue weighted by molar-refractivity contribution is 5.37. The van der Waals surface area contributed by atoms with Crippen molar-refractivity contribution in [1.29, 1.82) is 0 Å². The monoisotopic (exact) mass is 386 g/mol. The van der Waals surface area contributed by atoms with Gasteiger partial charge in [-0.05, 0) is 17.0 Å². The normalized spacial score (nSPS) is 12.1. The first-order valence-electron chi connectivity index (χ1n) is 10.00. The number of quaternary nitrogens is 1. The van der Waals surface area contributed by atoms with Crippen LogP contribution in [-0.2, 0) is 12.1 Å². The second-order valence-corrected chi connectivity index (χ2v) is 7.19. The lowest BCUT2D eigenvalue weighted by atomic mass is 9.84. The molecule has 3 nitrogen and oxygen atoms in total. The van der Waals surface area contributed by atoms with Crippen LogP contribution in [0.1, 0.15) is 23.1 Å². The number of aliphatic hydroxyl groups is 2. The summed E-state index contributed by atoms with van der Waals surface area (Å²) in [6, 6.07) is 29.6. The van der Waals surface area contributed by atoms with Gasteiger partial charge in [0, 0.05) is 12.0 Å². The summed E-state index contributed by atoms with van der Waals surface area (Å²) in [4.78, 5) is 1.20. The van der Waals surface area contributed by atoms with Crippen molar-refractivity contribution < 1.29 is 15.1 Å². The molecule has 0 saturated carbocycles. The number of nitrogens with one attached hydrogen (secondary N) is 1. The van der Waals surface area contributed by atoms with Crippen LogP contribution in [-0.4, -0.2) is 29.9 Å². The Bertz CT molecular complexity index is 875. The number of hydrogen-bond donors (Lipinski definition) is 3. The summed E-state index contributed by atoms with van der Waals surface area (Å²) in [7, 11) is 0. The van der Waals surface area contributed by atoms with E-state index in [0.29, 0.717) is 19.5 Å². The fourth-order valence-corrected chi connectivity index (χ4v) is 3.46. The molecule has 3 aromatic carbocycles. The van der Waals surface area contributed by atoms with E-state index in [2.05, 4.69) is 24.0 Å². The molecule has 3 N–H and O–H groups in total. The summed E-state index contributed by atoms with van der Waals surface area (Å²) in [5, 5.41) is 20.9. The first kappa shape index (κ1) is 20.8. The molecule has 1 atom stereocenters. The Kier molecular flexibility index (Phi) is 7.61. The number of hydrogen-bond acceptors (Lipinski definition) is 2. The van der Waals surface area contributed by atoms with Crippen LogP contribution in [0.25, 0.3) is 0 Å². The summed E-state index contributed by atoms with van der Waals surface area (Å²) in [6.45, 7) is 2.21. The van der Waals surface area contributed by atoms with Crippen LogP contribution in [0.4, 0.5) is 0 Å². The van der Waals surface area contributed by atoms with Crippen molar-refractivity contribution in [2.45, 2.75) is 18.6 Å². The summed E-state index contributed by atoms with van der Waals surface area (Å²) >= 11 is 0. The van der Waals surface area contributed by atoms with E-state index in [1.165, 1.54) is 10.5 Å². The molecular weight excluding hydrogens is 358 g/mol. The van der Waals surface area contributed by atoms with Gasteiger partial charge in [0.05, 0.1) is 6.61 Å². The third kappa shape index (κ3) is 5.79. The summed E-state index contributed by atoms with van der Waals surface area (Å²) < 4.78 is 0. The van der Waals surface area contributed by atoms with Crippen LogP contribution in [0.15, 0.2) is 91.0 Å². The molecule has 0 heterocycles. The highest BCUT2D eigenvalue weighted by atomic mass is 16.3. The molecule has 3 heteroatoms. The van der Waals surface area contributed by atoms with Crippen molar-refractivity contribution in [3.63, 3.8) is 0 Å². The minimum Gasteiger partial charge on any atom is -0.391 e. The third-order valence-electron chi connectivity index (χ3n) is 5.07. The van der Waals surface area contributed by atoms with Crippen LogP contribution in [0.2, 0.25) is 0 Å². The average molecular weight is 387 g/mol. The smallest absolute Gasteiger partial charge is 0.139 e. The van der Waals surface area contributed by atoms with E-state index in [1.54, 1.807) is 0 Å². The fourth-order valence-electron chi connectivity index (χ4n) is 3.46. The van der Waals surface area contributed by atoms with Gasteiger partial charge < -0.3 is 15.1 Å². The Morgan fingerprint density at radius 1 is 0.724 bits per heavy atom. The van der Waals surface area contributed by atoms with Crippen LogP contribution in [0.3, 0.4) is 0 Å². The van der Waals surface area contributed by atoms with Gasteiger partial charge in [-0.1, -0.05) is 96.9 Å². The predicted molar refractivity (Wildman–Crippen MR) is 116 cm³/mol. The molecule has 0 fully saturated rings. The molecule has 0 amide bonds. The van der Waals surface area contributed by atoms with Crippen molar-refractivity contribution in [2.75, 3.05) is 19.7 Å². The largest absolute Gasteiger partial charge is 0.391 e. The first-order valence-corrected chi connectivity index (χ1v) is 10.00. The zero-order valence-corrected chi connectivity index (χ0v) is 16.6. The van der Waals surface area contributed by atoms with Crippen LogP contribution in [0.5, 0.6) is 0 Å². The molecule has 148 valence electrons. The summed E-state index contributed by atoms with van der Waals surface area (Å²) in [6.07, 6.45) is 0.318. The highest BCUT2D eigenvalue weighted by Gasteiger charge is 2.30. The van der Waals surface area contributed by atoms with Crippen molar-refractivity contribution in [3.8, 4) is 11.8 Å². The molecule has 29 heavy (non-hydrogen) atoms. The van der Waals surface area contributed by atoms with Crippen molar-refractivity contribution in [2.24, 2.45) is 0 Å². The standard InChI is InChI=1S/C26H27NO2/c28-21-20-27(22-23-12-4-1-5-13-23)19-11-10-18-26(29,24-14-6-2-7-15-24)25-16-8-3-9-17-25/h1-9,12-17,28-29H,18-22H2/p+1. The molecule has 0 bridgehead atoms. The van der Waals surface area contributed by atoms with E-state index < -0.39 is 5.60 Å². The molecular formula is C26H28NO2+.